The smallest absolute Gasteiger partial charge is 0.279 e. The van der Waals surface area contributed by atoms with Gasteiger partial charge in [0.2, 0.25) is 11.9 Å². The molecule has 6 heterocycles. The van der Waals surface area contributed by atoms with Gasteiger partial charge in [0, 0.05) is 36.5 Å². The molecule has 9 rings (SSSR count). The highest BCUT2D eigenvalue weighted by molar-refractivity contribution is 6.11. The maximum Gasteiger partial charge on any atom is 0.279 e. The Hall–Kier alpha value is -2.59. The van der Waals surface area contributed by atoms with Gasteiger partial charge in [-0.1, -0.05) is 0 Å². The van der Waals surface area contributed by atoms with Crippen molar-refractivity contribution in [3.05, 3.63) is 28.3 Å². The number of phenolic OH excluding ortho intramolecular Hbond substituents is 1. The van der Waals surface area contributed by atoms with E-state index in [1.807, 2.05) is 20.0 Å². The fraction of sp³-hybridized carbons (Fsp3) is 0.667. The molecule has 0 aromatic heterocycles. The third-order valence-corrected chi connectivity index (χ3v) is 10.9. The third-order valence-electron chi connectivity index (χ3n) is 10.9. The highest BCUT2D eigenvalue weighted by Gasteiger charge is 2.94. The predicted molar refractivity (Wildman–Crippen MR) is 157 cm³/mol. The molecule has 2 bridgehead atoms. The number of Topliss-reactive ketones (excluding diaryl/α,β-unsaturated/α-hetero) is 1. The number of likely N-dealkylation sites (N-methyl/N-ethyl adjacent to an activating group) is 1. The number of ether oxygens (including phenoxy) is 10. The molecule has 46 heavy (non-hydrogen) atoms. The minimum Gasteiger partial charge on any atom is -0.506 e. The first kappa shape index (κ1) is 29.5. The van der Waals surface area contributed by atoms with Crippen LogP contribution in [0.25, 0.3) is 10.8 Å². The standard InChI is InChI=1S/C33H39NO12/c1-15-11-17-24(25(36)23-16(26(17)38-4)7-5-8-19(23)35)27-22(15)28-29-32(44-27,43-21-12-20(37-3)18(34-2)13-41-21)31(14-42-31)33(45-28,46-29)30-39-9-6-10-40-30/h11,18,20-21,28-30,34,36H,5-10,12-14H2,1-4H3/t18?,20?,21?,28?,29?,31-,32+,33?/m0/s1. The number of benzene rings is 2. The van der Waals surface area contributed by atoms with Gasteiger partial charge in [-0.15, -0.1) is 0 Å². The predicted octanol–water partition coefficient (Wildman–Crippen LogP) is 2.53. The quantitative estimate of drug-likeness (QED) is 0.446. The number of fused-ring (bicyclic) bond motifs is 8. The first-order valence-electron chi connectivity index (χ1n) is 16.2. The number of rotatable bonds is 6. The Bertz CT molecular complexity index is 1620. The van der Waals surface area contributed by atoms with E-state index >= 15 is 0 Å². The molecule has 7 aliphatic rings. The van der Waals surface area contributed by atoms with Crippen molar-refractivity contribution in [2.75, 3.05) is 47.7 Å². The first-order valence-corrected chi connectivity index (χ1v) is 16.2. The van der Waals surface area contributed by atoms with Gasteiger partial charge in [0.15, 0.2) is 18.2 Å². The zero-order valence-corrected chi connectivity index (χ0v) is 26.3. The van der Waals surface area contributed by atoms with Crippen LogP contribution in [0.2, 0.25) is 0 Å². The topological polar surface area (TPSA) is 145 Å². The average Bonchev–Trinajstić information content (AvgIpc) is 3.73. The summed E-state index contributed by atoms with van der Waals surface area (Å²) in [5.41, 5.74) is 1.22. The molecule has 2 N–H and O–H groups in total. The van der Waals surface area contributed by atoms with Gasteiger partial charge in [-0.3, -0.25) is 4.79 Å². The van der Waals surface area contributed by atoms with E-state index in [9.17, 15) is 9.90 Å². The van der Waals surface area contributed by atoms with E-state index in [1.165, 1.54) is 0 Å². The fourth-order valence-corrected chi connectivity index (χ4v) is 8.73. The van der Waals surface area contributed by atoms with Crippen molar-refractivity contribution in [3.63, 3.8) is 0 Å². The van der Waals surface area contributed by atoms with Crippen LogP contribution < -0.4 is 14.8 Å². The Kier molecular flexibility index (Phi) is 6.55. The van der Waals surface area contributed by atoms with Crippen molar-refractivity contribution in [1.29, 1.82) is 0 Å². The van der Waals surface area contributed by atoms with E-state index in [4.69, 9.17) is 47.4 Å². The highest BCUT2D eigenvalue weighted by Crippen LogP contribution is 2.72. The summed E-state index contributed by atoms with van der Waals surface area (Å²) in [5, 5.41) is 16.2. The van der Waals surface area contributed by atoms with Crippen molar-refractivity contribution in [3.8, 4) is 17.2 Å². The molecule has 5 fully saturated rings. The maximum atomic E-state index is 13.3. The van der Waals surface area contributed by atoms with Crippen LogP contribution in [-0.2, 0) is 44.3 Å². The summed E-state index contributed by atoms with van der Waals surface area (Å²) in [6.07, 6.45) is -0.544. The normalized spacial score (nSPS) is 39.4. The first-order chi connectivity index (χ1) is 22.3. The Labute approximate surface area is 265 Å². The number of phenols is 1. The number of hydrogen-bond donors (Lipinski definition) is 2. The Morgan fingerprint density at radius 3 is 2.61 bits per heavy atom. The van der Waals surface area contributed by atoms with Gasteiger partial charge in [0.25, 0.3) is 11.6 Å². The van der Waals surface area contributed by atoms with E-state index < -0.39 is 42.0 Å². The van der Waals surface area contributed by atoms with Gasteiger partial charge in [-0.05, 0) is 44.9 Å². The number of methoxy groups -OCH3 is 2. The summed E-state index contributed by atoms with van der Waals surface area (Å²) < 4.78 is 64.3. The van der Waals surface area contributed by atoms with Crippen molar-refractivity contribution in [2.45, 2.75) is 93.1 Å². The van der Waals surface area contributed by atoms with Crippen molar-refractivity contribution < 1.29 is 57.3 Å². The maximum absolute atomic E-state index is 13.3. The summed E-state index contributed by atoms with van der Waals surface area (Å²) in [7, 11) is 5.11. The second kappa shape index (κ2) is 10.2. The molecular formula is C33H39NO12. The molecule has 6 aliphatic heterocycles. The van der Waals surface area contributed by atoms with Gasteiger partial charge in [-0.2, -0.15) is 0 Å². The number of epoxide rings is 1. The van der Waals surface area contributed by atoms with Gasteiger partial charge >= 0.3 is 0 Å². The molecule has 2 aromatic rings. The number of aryl methyl sites for hydroxylation is 1. The lowest BCUT2D eigenvalue weighted by molar-refractivity contribution is -0.384. The SMILES string of the molecule is CNC1COC(O[C@@]23Oc4c(c(C)cc5c(OC)c6c(c(O)c45)C(=O)CCC6)C4OC(C5OCCCO5)(OC42)[C@]32CO2)CC1OC. The van der Waals surface area contributed by atoms with Crippen molar-refractivity contribution >= 4 is 16.6 Å². The molecule has 13 nitrogen and oxygen atoms in total. The zero-order valence-electron chi connectivity index (χ0n) is 26.3. The molecule has 248 valence electrons. The van der Waals surface area contributed by atoms with Crippen molar-refractivity contribution in [2.24, 2.45) is 0 Å². The number of nitrogens with one attached hydrogen (secondary N) is 1. The summed E-state index contributed by atoms with van der Waals surface area (Å²) >= 11 is 0. The fourth-order valence-electron chi connectivity index (χ4n) is 8.73. The van der Waals surface area contributed by atoms with E-state index in [0.29, 0.717) is 78.9 Å². The van der Waals surface area contributed by atoms with Crippen molar-refractivity contribution in [1.82, 2.24) is 5.32 Å². The average molecular weight is 642 g/mol. The van der Waals surface area contributed by atoms with E-state index in [1.54, 1.807) is 14.2 Å². The van der Waals surface area contributed by atoms with Gasteiger partial charge < -0.3 is 57.8 Å². The molecule has 1 aliphatic carbocycles. The number of hydrogen-bond acceptors (Lipinski definition) is 13. The van der Waals surface area contributed by atoms with E-state index in [-0.39, 0.29) is 35.8 Å². The Morgan fingerprint density at radius 1 is 1.09 bits per heavy atom. The van der Waals surface area contributed by atoms with Crippen LogP contribution in [0.3, 0.4) is 0 Å². The molecule has 2 aromatic carbocycles. The molecule has 0 radical (unpaired) electrons. The zero-order chi connectivity index (χ0) is 31.6. The second-order valence-corrected chi connectivity index (χ2v) is 13.2. The lowest BCUT2D eigenvalue weighted by atomic mass is 9.78. The van der Waals surface area contributed by atoms with Gasteiger partial charge in [0.05, 0.1) is 56.6 Å². The second-order valence-electron chi connectivity index (χ2n) is 13.2. The Balaban J connectivity index is 1.25. The Morgan fingerprint density at radius 2 is 1.89 bits per heavy atom. The molecule has 8 atom stereocenters. The molecule has 0 amide bonds. The number of aromatic hydroxyl groups is 1. The minimum atomic E-state index is -1.59. The number of ketones is 1. The molecule has 13 heteroatoms. The minimum absolute atomic E-state index is 0.0241. The third kappa shape index (κ3) is 3.58. The summed E-state index contributed by atoms with van der Waals surface area (Å²) in [4.78, 5) is 13.3. The van der Waals surface area contributed by atoms with Crippen LogP contribution >= 0.6 is 0 Å². The highest BCUT2D eigenvalue weighted by atomic mass is 16.9. The summed E-state index contributed by atoms with van der Waals surface area (Å²) in [5.74, 6) is -2.48. The molecule has 1 spiro atoms. The lowest BCUT2D eigenvalue weighted by Crippen LogP contribution is -2.71. The van der Waals surface area contributed by atoms with Gasteiger partial charge in [-0.25, -0.2) is 0 Å². The molecular weight excluding hydrogens is 602 g/mol. The van der Waals surface area contributed by atoms with E-state index in [2.05, 4.69) is 5.32 Å². The van der Waals surface area contributed by atoms with Gasteiger partial charge in [0.1, 0.15) is 23.4 Å². The van der Waals surface area contributed by atoms with Crippen LogP contribution in [-0.4, -0.2) is 107 Å². The van der Waals surface area contributed by atoms with Crippen LogP contribution in [0, 0.1) is 6.92 Å². The van der Waals surface area contributed by atoms with E-state index in [0.717, 1.165) is 12.0 Å². The molecule has 6 unspecified atom stereocenters. The monoisotopic (exact) mass is 641 g/mol. The molecule has 0 saturated carbocycles. The van der Waals surface area contributed by atoms with Crippen LogP contribution in [0.4, 0.5) is 0 Å². The number of carbonyl (C=O) groups excluding carboxylic acids is 1. The summed E-state index contributed by atoms with van der Waals surface area (Å²) in [6, 6.07) is 1.93. The summed E-state index contributed by atoms with van der Waals surface area (Å²) in [6.45, 7) is 3.43. The van der Waals surface area contributed by atoms with Crippen LogP contribution in [0.1, 0.15) is 58.8 Å². The van der Waals surface area contributed by atoms with Crippen LogP contribution in [0.15, 0.2) is 6.07 Å². The molecule has 5 saturated heterocycles. The van der Waals surface area contributed by atoms with Crippen LogP contribution in [0.5, 0.6) is 17.2 Å². The number of carbonyl (C=O) groups is 1. The largest absolute Gasteiger partial charge is 0.506 e. The lowest BCUT2D eigenvalue weighted by Gasteiger charge is -2.51.